The second-order valence-electron chi connectivity index (χ2n) is 8.71. The van der Waals surface area contributed by atoms with Gasteiger partial charge in [-0.15, -0.1) is 0 Å². The molecule has 0 radical (unpaired) electrons. The van der Waals surface area contributed by atoms with Gasteiger partial charge in [0.05, 0.1) is 17.7 Å². The minimum Gasteiger partial charge on any atom is -0.504 e. The highest BCUT2D eigenvalue weighted by Gasteiger charge is 2.22. The number of aromatic nitrogens is 1. The van der Waals surface area contributed by atoms with Gasteiger partial charge >= 0.3 is 0 Å². The van der Waals surface area contributed by atoms with Crippen molar-refractivity contribution in [2.75, 3.05) is 11.3 Å². The molecule has 7 nitrogen and oxygen atoms in total. The molecule has 0 fully saturated rings. The first kappa shape index (κ1) is 26.0. The topological polar surface area (TPSA) is 101 Å². The van der Waals surface area contributed by atoms with Gasteiger partial charge in [-0.3, -0.25) is 4.79 Å². The van der Waals surface area contributed by atoms with Crippen LogP contribution in [0.25, 0.3) is 5.76 Å². The van der Waals surface area contributed by atoms with Crippen molar-refractivity contribution in [3.63, 3.8) is 0 Å². The molecule has 2 aromatic rings. The molecule has 184 valence electrons. The highest BCUT2D eigenvalue weighted by Crippen LogP contribution is 2.31. The lowest BCUT2D eigenvalue weighted by Gasteiger charge is -2.14. The molecule has 0 saturated heterocycles. The first-order valence-electron chi connectivity index (χ1n) is 11.3. The van der Waals surface area contributed by atoms with Gasteiger partial charge in [-0.1, -0.05) is 75.9 Å². The number of nitrogens with zero attached hydrogens (tertiary/aromatic N) is 1. The number of nitrogens with one attached hydrogen (secondary N) is 2. The SMILES string of the molecule is C=C(O/C=C\CC)c1cc(NS(=O)Cc2ccccc2)c(O)c(C(=O)NCC2=CC(C)(C)C=C2)n1. The molecule has 0 saturated carbocycles. The quantitative estimate of drug-likeness (QED) is 0.372. The maximum absolute atomic E-state index is 13.0. The Kier molecular flexibility index (Phi) is 8.65. The molecular formula is C27H31N3O4S. The van der Waals surface area contributed by atoms with E-state index in [1.807, 2.05) is 43.3 Å². The van der Waals surface area contributed by atoms with E-state index in [0.29, 0.717) is 0 Å². The summed E-state index contributed by atoms with van der Waals surface area (Å²) in [6.45, 7) is 10.3. The van der Waals surface area contributed by atoms with Crippen LogP contribution in [0.3, 0.4) is 0 Å². The minimum absolute atomic E-state index is 0.0681. The van der Waals surface area contributed by atoms with E-state index >= 15 is 0 Å². The zero-order valence-electron chi connectivity index (χ0n) is 20.2. The van der Waals surface area contributed by atoms with Gasteiger partial charge in [-0.05, 0) is 29.7 Å². The zero-order chi connectivity index (χ0) is 25.4. The Balaban J connectivity index is 1.85. The highest BCUT2D eigenvalue weighted by atomic mass is 32.2. The first-order chi connectivity index (χ1) is 16.7. The summed E-state index contributed by atoms with van der Waals surface area (Å²) in [6, 6.07) is 10.8. The average Bonchev–Trinajstić information content (AvgIpc) is 3.18. The number of amides is 1. The Morgan fingerprint density at radius 2 is 2.03 bits per heavy atom. The number of ether oxygens (including phenoxy) is 1. The van der Waals surface area contributed by atoms with E-state index < -0.39 is 22.6 Å². The van der Waals surface area contributed by atoms with Crippen molar-refractivity contribution >= 4 is 28.3 Å². The third kappa shape index (κ3) is 7.42. The third-order valence-corrected chi connectivity index (χ3v) is 6.18. The fourth-order valence-corrected chi connectivity index (χ4v) is 4.33. The predicted molar refractivity (Wildman–Crippen MR) is 141 cm³/mol. The normalized spacial score (nSPS) is 15.0. The molecule has 1 aliphatic rings. The molecule has 1 aromatic carbocycles. The number of benzene rings is 1. The van der Waals surface area contributed by atoms with Gasteiger partial charge in [0.15, 0.2) is 11.4 Å². The number of hydrogen-bond donors (Lipinski definition) is 3. The smallest absolute Gasteiger partial charge is 0.274 e. The largest absolute Gasteiger partial charge is 0.504 e. The Morgan fingerprint density at radius 1 is 1.29 bits per heavy atom. The second-order valence-corrected chi connectivity index (χ2v) is 9.89. The van der Waals surface area contributed by atoms with Gasteiger partial charge in [0.25, 0.3) is 5.91 Å². The molecule has 1 amide bonds. The lowest BCUT2D eigenvalue weighted by Crippen LogP contribution is -2.27. The molecule has 0 bridgehead atoms. The molecule has 1 atom stereocenters. The molecule has 1 aromatic heterocycles. The number of carbonyl (C=O) groups excluding carboxylic acids is 1. The number of hydrogen-bond acceptors (Lipinski definition) is 5. The Bertz CT molecular complexity index is 1200. The van der Waals surface area contributed by atoms with E-state index in [2.05, 4.69) is 47.6 Å². The Morgan fingerprint density at radius 3 is 2.69 bits per heavy atom. The maximum Gasteiger partial charge on any atom is 0.274 e. The lowest BCUT2D eigenvalue weighted by atomic mass is 9.96. The summed E-state index contributed by atoms with van der Waals surface area (Å²) in [5, 5.41) is 13.6. The van der Waals surface area contributed by atoms with Gasteiger partial charge in [0.1, 0.15) is 22.4 Å². The van der Waals surface area contributed by atoms with E-state index in [-0.39, 0.29) is 40.5 Å². The second kappa shape index (κ2) is 11.7. The molecule has 3 rings (SSSR count). The van der Waals surface area contributed by atoms with E-state index in [1.165, 1.54) is 12.3 Å². The molecule has 1 aliphatic carbocycles. The molecule has 3 N–H and O–H groups in total. The van der Waals surface area contributed by atoms with E-state index in [9.17, 15) is 14.1 Å². The number of rotatable bonds is 11. The van der Waals surface area contributed by atoms with Crippen LogP contribution in [-0.2, 0) is 21.5 Å². The van der Waals surface area contributed by atoms with Crippen molar-refractivity contribution in [3.8, 4) is 5.75 Å². The number of aromatic hydroxyl groups is 1. The van der Waals surface area contributed by atoms with E-state index in [4.69, 9.17) is 4.74 Å². The summed E-state index contributed by atoms with van der Waals surface area (Å²) in [5.41, 5.74) is 1.87. The third-order valence-electron chi connectivity index (χ3n) is 5.14. The first-order valence-corrected chi connectivity index (χ1v) is 12.6. The summed E-state index contributed by atoms with van der Waals surface area (Å²) < 4.78 is 21.0. The van der Waals surface area contributed by atoms with Gasteiger partial charge in [0.2, 0.25) is 0 Å². The van der Waals surface area contributed by atoms with Crippen molar-refractivity contribution in [1.29, 1.82) is 0 Å². The summed E-state index contributed by atoms with van der Waals surface area (Å²) in [4.78, 5) is 17.3. The number of allylic oxidation sites excluding steroid dienone is 3. The van der Waals surface area contributed by atoms with Crippen LogP contribution >= 0.6 is 0 Å². The standard InChI is InChI=1S/C27H31N3O4S/c1-5-6-14-34-19(2)22-15-23(30-35(33)18-20-10-8-7-9-11-20)25(31)24(29-22)26(32)28-17-21-12-13-27(3,4)16-21/h6-16,31H,2,5,17-18H2,1,3-4H3,(H,28,32)(H,29,30)/b14-6-. The fourth-order valence-electron chi connectivity index (χ4n) is 3.36. The molecule has 0 spiro atoms. The summed E-state index contributed by atoms with van der Waals surface area (Å²) >= 11 is 0. The van der Waals surface area contributed by atoms with E-state index in [0.717, 1.165) is 17.6 Å². The van der Waals surface area contributed by atoms with Crippen molar-refractivity contribution in [1.82, 2.24) is 10.3 Å². The minimum atomic E-state index is -1.57. The van der Waals surface area contributed by atoms with Crippen molar-refractivity contribution in [2.24, 2.45) is 5.41 Å². The van der Waals surface area contributed by atoms with Gasteiger partial charge < -0.3 is 19.9 Å². The number of carbonyl (C=O) groups is 1. The Hall–Kier alpha value is -3.65. The molecule has 1 heterocycles. The van der Waals surface area contributed by atoms with Gasteiger partial charge in [-0.2, -0.15) is 0 Å². The monoisotopic (exact) mass is 493 g/mol. The van der Waals surface area contributed by atoms with E-state index in [1.54, 1.807) is 6.08 Å². The summed E-state index contributed by atoms with van der Waals surface area (Å²) in [6.07, 6.45) is 10.1. The summed E-state index contributed by atoms with van der Waals surface area (Å²) in [7, 11) is -1.57. The molecular weight excluding hydrogens is 462 g/mol. The fraction of sp³-hybridized carbons (Fsp3) is 0.259. The van der Waals surface area contributed by atoms with Gasteiger partial charge in [0, 0.05) is 12.0 Å². The molecule has 0 aliphatic heterocycles. The van der Waals surface area contributed by atoms with Gasteiger partial charge in [-0.25, -0.2) is 9.19 Å². The van der Waals surface area contributed by atoms with Crippen LogP contribution < -0.4 is 10.0 Å². The lowest BCUT2D eigenvalue weighted by molar-refractivity contribution is 0.0949. The van der Waals surface area contributed by atoms with Crippen LogP contribution in [0.4, 0.5) is 5.69 Å². The number of pyridine rings is 1. The zero-order valence-corrected chi connectivity index (χ0v) is 21.0. The average molecular weight is 494 g/mol. The Labute approximate surface area is 208 Å². The van der Waals surface area contributed by atoms with Crippen molar-refractivity contribution in [3.05, 3.63) is 96.1 Å². The molecule has 35 heavy (non-hydrogen) atoms. The predicted octanol–water partition coefficient (Wildman–Crippen LogP) is 5.23. The molecule has 1 unspecified atom stereocenters. The highest BCUT2D eigenvalue weighted by molar-refractivity contribution is 7.85. The van der Waals surface area contributed by atoms with Crippen LogP contribution in [0.15, 0.2) is 79.1 Å². The molecule has 8 heteroatoms. The number of anilines is 1. The summed E-state index contributed by atoms with van der Waals surface area (Å²) in [5.74, 6) is -0.575. The van der Waals surface area contributed by atoms with Crippen LogP contribution in [-0.4, -0.2) is 26.8 Å². The van der Waals surface area contributed by atoms with Crippen LogP contribution in [0, 0.1) is 5.41 Å². The van der Waals surface area contributed by atoms with Crippen LogP contribution in [0.2, 0.25) is 0 Å². The van der Waals surface area contributed by atoms with Crippen molar-refractivity contribution in [2.45, 2.75) is 32.9 Å². The van der Waals surface area contributed by atoms with Crippen molar-refractivity contribution < 1.29 is 18.8 Å². The van der Waals surface area contributed by atoms with Crippen LogP contribution in [0.5, 0.6) is 5.75 Å². The van der Waals surface area contributed by atoms with Crippen LogP contribution in [0.1, 0.15) is 48.9 Å². The maximum atomic E-state index is 13.0.